The lowest BCUT2D eigenvalue weighted by molar-refractivity contribution is 0.0697. The number of hydrogen-bond donors (Lipinski definition) is 2. The molecule has 2 unspecified atom stereocenters. The molecule has 2 fully saturated rings. The maximum Gasteiger partial charge on any atom is 0.341 e. The first kappa shape index (κ1) is 15.9. The summed E-state index contributed by atoms with van der Waals surface area (Å²) < 4.78 is 0. The molecule has 130 valence electrons. The van der Waals surface area contributed by atoms with E-state index in [4.69, 9.17) is 0 Å². The second-order valence-electron chi connectivity index (χ2n) is 7.17. The predicted octanol–water partition coefficient (Wildman–Crippen LogP) is 2.86. The van der Waals surface area contributed by atoms with Crippen LogP contribution in [0.4, 0.5) is 11.8 Å². The Morgan fingerprint density at radius 1 is 1.28 bits per heavy atom. The molecule has 2 N–H and O–H groups in total. The minimum absolute atomic E-state index is 0.108. The van der Waals surface area contributed by atoms with Crippen molar-refractivity contribution in [1.82, 2.24) is 9.97 Å². The fraction of sp³-hybridized carbons (Fsp3) is 0.421. The smallest absolute Gasteiger partial charge is 0.341 e. The highest BCUT2D eigenvalue weighted by atomic mass is 16.4. The number of nitrogens with zero attached hydrogens (tertiary/aromatic N) is 3. The number of carboxylic acid groups (broad SMARTS) is 1. The third-order valence-electron chi connectivity index (χ3n) is 5.30. The van der Waals surface area contributed by atoms with Crippen LogP contribution >= 0.6 is 0 Å². The average molecular weight is 338 g/mol. The van der Waals surface area contributed by atoms with Crippen LogP contribution in [0.15, 0.2) is 24.4 Å². The summed E-state index contributed by atoms with van der Waals surface area (Å²) in [6.45, 7) is 6.64. The second kappa shape index (κ2) is 6.02. The summed E-state index contributed by atoms with van der Waals surface area (Å²) in [5.74, 6) is 1.54. The molecule has 6 heteroatoms. The zero-order valence-electron chi connectivity index (χ0n) is 14.5. The Morgan fingerprint density at radius 2 is 2.04 bits per heavy atom. The van der Waals surface area contributed by atoms with Gasteiger partial charge in [0.1, 0.15) is 11.4 Å². The fourth-order valence-corrected chi connectivity index (χ4v) is 3.48. The molecule has 1 saturated heterocycles. The maximum atomic E-state index is 11.5. The number of piperidine rings is 1. The minimum atomic E-state index is -1.02. The van der Waals surface area contributed by atoms with Crippen molar-refractivity contribution in [2.75, 3.05) is 23.3 Å². The first-order chi connectivity index (χ1) is 12.0. The van der Waals surface area contributed by atoms with Crippen molar-refractivity contribution in [2.24, 2.45) is 11.8 Å². The van der Waals surface area contributed by atoms with Gasteiger partial charge in [0.05, 0.1) is 0 Å². The van der Waals surface area contributed by atoms with Gasteiger partial charge in [-0.1, -0.05) is 18.2 Å². The molecule has 2 atom stereocenters. The normalized spacial score (nSPS) is 21.1. The molecule has 0 bridgehead atoms. The van der Waals surface area contributed by atoms with E-state index >= 15 is 0 Å². The van der Waals surface area contributed by atoms with Crippen LogP contribution < -0.4 is 10.2 Å². The largest absolute Gasteiger partial charge is 0.477 e. The zero-order valence-corrected chi connectivity index (χ0v) is 14.5. The molecule has 2 aromatic rings. The van der Waals surface area contributed by atoms with Gasteiger partial charge in [-0.25, -0.2) is 9.78 Å². The number of benzene rings is 1. The maximum absolute atomic E-state index is 11.5. The van der Waals surface area contributed by atoms with Gasteiger partial charge in [0.15, 0.2) is 0 Å². The van der Waals surface area contributed by atoms with Crippen LogP contribution in [-0.2, 0) is 6.54 Å². The third kappa shape index (κ3) is 3.16. The van der Waals surface area contributed by atoms with Crippen molar-refractivity contribution in [3.63, 3.8) is 0 Å². The predicted molar refractivity (Wildman–Crippen MR) is 96.0 cm³/mol. The molecule has 2 aliphatic rings. The molecule has 25 heavy (non-hydrogen) atoms. The summed E-state index contributed by atoms with van der Waals surface area (Å²) in [7, 11) is 0. The molecule has 0 radical (unpaired) electrons. The van der Waals surface area contributed by atoms with E-state index in [0.29, 0.717) is 18.3 Å². The van der Waals surface area contributed by atoms with Gasteiger partial charge in [0.2, 0.25) is 5.95 Å². The van der Waals surface area contributed by atoms with E-state index in [1.165, 1.54) is 23.7 Å². The number of aromatic nitrogens is 2. The zero-order chi connectivity index (χ0) is 17.6. The molecule has 1 aliphatic carbocycles. The molecule has 6 nitrogen and oxygen atoms in total. The molecule has 0 spiro atoms. The summed E-state index contributed by atoms with van der Waals surface area (Å²) in [6.07, 6.45) is 2.72. The van der Waals surface area contributed by atoms with Gasteiger partial charge in [-0.05, 0) is 48.8 Å². The van der Waals surface area contributed by atoms with E-state index in [-0.39, 0.29) is 5.56 Å². The molecular formula is C19H22N4O2. The number of rotatable bonds is 5. The SMILES string of the molecule is Cc1ccc(CNc2nc(N3CC4CC4C3)ncc2C(=O)O)cc1C. The fourth-order valence-electron chi connectivity index (χ4n) is 3.48. The second-order valence-corrected chi connectivity index (χ2v) is 7.17. The highest BCUT2D eigenvalue weighted by Crippen LogP contribution is 2.45. The van der Waals surface area contributed by atoms with Gasteiger partial charge in [-0.15, -0.1) is 0 Å². The summed E-state index contributed by atoms with van der Waals surface area (Å²) >= 11 is 0. The van der Waals surface area contributed by atoms with E-state index in [1.54, 1.807) is 0 Å². The summed E-state index contributed by atoms with van der Waals surface area (Å²) in [5, 5.41) is 12.6. The van der Waals surface area contributed by atoms with Crippen molar-refractivity contribution in [3.05, 3.63) is 46.6 Å². The lowest BCUT2D eigenvalue weighted by Gasteiger charge is -2.19. The molecule has 0 amide bonds. The number of nitrogens with one attached hydrogen (secondary N) is 1. The number of aromatic carboxylic acids is 1. The van der Waals surface area contributed by atoms with E-state index in [0.717, 1.165) is 30.5 Å². The van der Waals surface area contributed by atoms with Crippen molar-refractivity contribution >= 4 is 17.7 Å². The summed E-state index contributed by atoms with van der Waals surface area (Å²) in [6, 6.07) is 6.23. The van der Waals surface area contributed by atoms with Crippen molar-refractivity contribution in [3.8, 4) is 0 Å². The Bertz CT molecular complexity index is 826. The number of anilines is 2. The van der Waals surface area contributed by atoms with Crippen LogP contribution in [-0.4, -0.2) is 34.1 Å². The Kier molecular flexibility index (Phi) is 3.82. The summed E-state index contributed by atoms with van der Waals surface area (Å²) in [4.78, 5) is 22.4. The number of hydrogen-bond acceptors (Lipinski definition) is 5. The Hall–Kier alpha value is -2.63. The van der Waals surface area contributed by atoms with Crippen LogP contribution in [0.25, 0.3) is 0 Å². The van der Waals surface area contributed by atoms with Crippen LogP contribution in [0.1, 0.15) is 33.5 Å². The molecule has 1 aliphatic heterocycles. The molecular weight excluding hydrogens is 316 g/mol. The lowest BCUT2D eigenvalue weighted by Crippen LogP contribution is -2.25. The molecule has 1 saturated carbocycles. The van der Waals surface area contributed by atoms with Gasteiger partial charge >= 0.3 is 5.97 Å². The lowest BCUT2D eigenvalue weighted by atomic mass is 10.1. The average Bonchev–Trinajstić information content (AvgIpc) is 3.21. The minimum Gasteiger partial charge on any atom is -0.477 e. The highest BCUT2D eigenvalue weighted by Gasteiger charge is 2.45. The standard InChI is InChI=1S/C19H22N4O2/c1-11-3-4-13(5-12(11)2)7-20-17-16(18(24)25)8-21-19(22-17)23-9-14-6-15(14)10-23/h3-5,8,14-15H,6-7,9-10H2,1-2H3,(H,24,25)(H,20,21,22). The number of carbonyl (C=O) groups is 1. The number of fused-ring (bicyclic) bond motifs is 1. The first-order valence-electron chi connectivity index (χ1n) is 8.66. The van der Waals surface area contributed by atoms with Crippen LogP contribution in [0.2, 0.25) is 0 Å². The quantitative estimate of drug-likeness (QED) is 0.873. The van der Waals surface area contributed by atoms with Crippen LogP contribution in [0.5, 0.6) is 0 Å². The third-order valence-corrected chi connectivity index (χ3v) is 5.30. The van der Waals surface area contributed by atoms with Gasteiger partial charge < -0.3 is 15.3 Å². The molecule has 1 aromatic heterocycles. The monoisotopic (exact) mass is 338 g/mol. The Labute approximate surface area is 146 Å². The Balaban J connectivity index is 1.55. The van der Waals surface area contributed by atoms with Crippen molar-refractivity contribution in [2.45, 2.75) is 26.8 Å². The van der Waals surface area contributed by atoms with E-state index in [1.807, 2.05) is 6.07 Å². The number of aryl methyl sites for hydroxylation is 2. The Morgan fingerprint density at radius 3 is 2.72 bits per heavy atom. The van der Waals surface area contributed by atoms with Gasteiger partial charge in [0, 0.05) is 25.8 Å². The molecule has 2 heterocycles. The first-order valence-corrected chi connectivity index (χ1v) is 8.66. The molecule has 1 aromatic carbocycles. The van der Waals surface area contributed by atoms with E-state index in [9.17, 15) is 9.90 Å². The van der Waals surface area contributed by atoms with Gasteiger partial charge in [0.25, 0.3) is 0 Å². The summed E-state index contributed by atoms with van der Waals surface area (Å²) in [5.41, 5.74) is 3.67. The van der Waals surface area contributed by atoms with Crippen LogP contribution in [0.3, 0.4) is 0 Å². The van der Waals surface area contributed by atoms with Gasteiger partial charge in [-0.3, -0.25) is 0 Å². The number of carboxylic acids is 1. The molecule has 4 rings (SSSR count). The van der Waals surface area contributed by atoms with Crippen molar-refractivity contribution in [1.29, 1.82) is 0 Å². The van der Waals surface area contributed by atoms with E-state index < -0.39 is 5.97 Å². The topological polar surface area (TPSA) is 78.4 Å². The van der Waals surface area contributed by atoms with Crippen molar-refractivity contribution < 1.29 is 9.90 Å². The van der Waals surface area contributed by atoms with Gasteiger partial charge in [-0.2, -0.15) is 4.98 Å². The van der Waals surface area contributed by atoms with E-state index in [2.05, 4.69) is 46.2 Å². The van der Waals surface area contributed by atoms with Crippen LogP contribution in [0, 0.1) is 25.7 Å². The highest BCUT2D eigenvalue weighted by molar-refractivity contribution is 5.93.